The highest BCUT2D eigenvalue weighted by molar-refractivity contribution is 7.87. The maximum absolute atomic E-state index is 13.6. The van der Waals surface area contributed by atoms with Gasteiger partial charge in [0.25, 0.3) is 0 Å². The zero-order valence-corrected chi connectivity index (χ0v) is 11.3. The van der Waals surface area contributed by atoms with Crippen molar-refractivity contribution in [2.24, 2.45) is 0 Å². The lowest BCUT2D eigenvalue weighted by Crippen LogP contribution is -2.30. The molecule has 110 valence electrons. The summed E-state index contributed by atoms with van der Waals surface area (Å²) in [5, 5.41) is -1.43. The minimum atomic E-state index is -4.82. The maximum Gasteiger partial charge on any atom is 0.307 e. The molecule has 4 nitrogen and oxygen atoms in total. The molecule has 2 atom stereocenters. The van der Waals surface area contributed by atoms with Gasteiger partial charge >= 0.3 is 10.2 Å². The number of nitrogens with zero attached hydrogens (tertiary/aromatic N) is 1. The monoisotopic (exact) mass is 307 g/mol. The molecule has 0 N–H and O–H groups in total. The predicted molar refractivity (Wildman–Crippen MR) is 64.9 cm³/mol. The van der Waals surface area contributed by atoms with E-state index in [-0.39, 0.29) is 12.1 Å². The Labute approximate surface area is 114 Å². The summed E-state index contributed by atoms with van der Waals surface area (Å²) in [6.45, 7) is 1.14. The summed E-state index contributed by atoms with van der Waals surface area (Å²) in [6.07, 6.45) is -0.466. The molecule has 0 aliphatic carbocycles. The van der Waals surface area contributed by atoms with Crippen LogP contribution in [0.5, 0.6) is 0 Å². The van der Waals surface area contributed by atoms with Crippen molar-refractivity contribution in [1.29, 1.82) is 0 Å². The second-order valence-electron chi connectivity index (χ2n) is 4.69. The van der Waals surface area contributed by atoms with Crippen LogP contribution >= 0.6 is 0 Å². The topological polar surface area (TPSA) is 54.5 Å². The quantitative estimate of drug-likeness (QED) is 0.802. The Morgan fingerprint density at radius 2 is 2.00 bits per heavy atom. The van der Waals surface area contributed by atoms with Gasteiger partial charge in [0.15, 0.2) is 0 Å². The van der Waals surface area contributed by atoms with Crippen LogP contribution in [0.2, 0.25) is 0 Å². The average molecular weight is 307 g/mol. The fourth-order valence-electron chi connectivity index (χ4n) is 2.27. The molecule has 2 unspecified atom stereocenters. The van der Waals surface area contributed by atoms with Crippen molar-refractivity contribution in [1.82, 2.24) is 4.90 Å². The lowest BCUT2D eigenvalue weighted by molar-refractivity contribution is -0.129. The first-order valence-corrected chi connectivity index (χ1v) is 7.32. The van der Waals surface area contributed by atoms with Gasteiger partial charge in [0, 0.05) is 24.6 Å². The normalized spacial score (nSPS) is 21.3. The molecule has 1 fully saturated rings. The number of amides is 1. The van der Waals surface area contributed by atoms with E-state index < -0.39 is 45.5 Å². The summed E-state index contributed by atoms with van der Waals surface area (Å²) in [7, 11) is -4.82. The van der Waals surface area contributed by atoms with Crippen molar-refractivity contribution in [2.45, 2.75) is 24.6 Å². The van der Waals surface area contributed by atoms with Crippen LogP contribution in [0.4, 0.5) is 12.7 Å². The molecule has 1 aliphatic rings. The molecule has 1 aromatic carbocycles. The van der Waals surface area contributed by atoms with Gasteiger partial charge in [0.2, 0.25) is 5.91 Å². The lowest BCUT2D eigenvalue weighted by Gasteiger charge is -2.25. The van der Waals surface area contributed by atoms with Crippen molar-refractivity contribution in [2.75, 3.05) is 6.54 Å². The van der Waals surface area contributed by atoms with Crippen LogP contribution in [0.3, 0.4) is 0 Å². The van der Waals surface area contributed by atoms with E-state index in [0.717, 1.165) is 11.0 Å². The second kappa shape index (κ2) is 5.08. The van der Waals surface area contributed by atoms with Gasteiger partial charge in [-0.1, -0.05) is 6.07 Å². The van der Waals surface area contributed by atoms with Crippen LogP contribution in [0.15, 0.2) is 18.2 Å². The molecule has 0 spiro atoms. The summed E-state index contributed by atoms with van der Waals surface area (Å²) < 4.78 is 61.0. The lowest BCUT2D eigenvalue weighted by atomic mass is 10.1. The number of hydrogen-bond acceptors (Lipinski definition) is 3. The second-order valence-corrected chi connectivity index (χ2v) is 6.31. The van der Waals surface area contributed by atoms with Gasteiger partial charge in [-0.3, -0.25) is 4.79 Å². The third kappa shape index (κ3) is 2.79. The first kappa shape index (κ1) is 14.8. The molecule has 20 heavy (non-hydrogen) atoms. The zero-order valence-electron chi connectivity index (χ0n) is 10.5. The fraction of sp³-hybridized carbons (Fsp3) is 0.417. The van der Waals surface area contributed by atoms with Crippen molar-refractivity contribution >= 4 is 16.1 Å². The Morgan fingerprint density at radius 3 is 2.50 bits per heavy atom. The smallest absolute Gasteiger partial charge is 0.307 e. The van der Waals surface area contributed by atoms with E-state index >= 15 is 0 Å². The van der Waals surface area contributed by atoms with E-state index in [0.29, 0.717) is 6.07 Å². The third-order valence-electron chi connectivity index (χ3n) is 3.40. The molecule has 0 radical (unpaired) electrons. The SMILES string of the molecule is CC(c1ccc(F)cc1F)N1CC(S(=O)(=O)F)CC1=O. The van der Waals surface area contributed by atoms with Crippen molar-refractivity contribution < 1.29 is 25.9 Å². The minimum Gasteiger partial charge on any atom is -0.334 e. The highest BCUT2D eigenvalue weighted by atomic mass is 32.3. The van der Waals surface area contributed by atoms with E-state index in [2.05, 4.69) is 0 Å². The number of hydrogen-bond donors (Lipinski definition) is 0. The van der Waals surface area contributed by atoms with E-state index in [4.69, 9.17) is 0 Å². The highest BCUT2D eigenvalue weighted by Crippen LogP contribution is 2.30. The summed E-state index contributed by atoms with van der Waals surface area (Å²) in [5.41, 5.74) is 0.0525. The number of carbonyl (C=O) groups is 1. The van der Waals surface area contributed by atoms with Gasteiger partial charge in [0.05, 0.1) is 6.04 Å². The van der Waals surface area contributed by atoms with Crippen LogP contribution in [0.1, 0.15) is 24.9 Å². The molecular formula is C12H12F3NO3S. The molecule has 0 saturated carbocycles. The van der Waals surface area contributed by atoms with Gasteiger partial charge in [-0.05, 0) is 13.0 Å². The Hall–Kier alpha value is -1.57. The summed E-state index contributed by atoms with van der Waals surface area (Å²) >= 11 is 0. The molecule has 1 saturated heterocycles. The van der Waals surface area contributed by atoms with E-state index in [9.17, 15) is 25.9 Å². The Morgan fingerprint density at radius 1 is 1.35 bits per heavy atom. The number of rotatable bonds is 3. The first-order chi connectivity index (χ1) is 9.20. The molecule has 0 aromatic heterocycles. The van der Waals surface area contributed by atoms with Crippen LogP contribution in [0, 0.1) is 11.6 Å². The number of benzene rings is 1. The van der Waals surface area contributed by atoms with E-state index in [1.54, 1.807) is 0 Å². The van der Waals surface area contributed by atoms with E-state index in [1.807, 2.05) is 0 Å². The largest absolute Gasteiger partial charge is 0.334 e. The molecule has 1 amide bonds. The standard InChI is InChI=1S/C12H12F3NO3S/c1-7(10-3-2-8(13)4-11(10)14)16-6-9(5-12(16)17)20(15,18)19/h2-4,7,9H,5-6H2,1H3. The van der Waals surface area contributed by atoms with Crippen LogP contribution < -0.4 is 0 Å². The summed E-state index contributed by atoms with van der Waals surface area (Å²) in [5.74, 6) is -2.17. The molecule has 8 heteroatoms. The Kier molecular flexibility index (Phi) is 3.77. The number of halogens is 3. The Balaban J connectivity index is 2.26. The third-order valence-corrected chi connectivity index (χ3v) is 4.51. The van der Waals surface area contributed by atoms with Crippen molar-refractivity contribution in [3.8, 4) is 0 Å². The zero-order chi connectivity index (χ0) is 15.1. The predicted octanol–water partition coefficient (Wildman–Crippen LogP) is 1.93. The highest BCUT2D eigenvalue weighted by Gasteiger charge is 2.40. The summed E-state index contributed by atoms with van der Waals surface area (Å²) in [4.78, 5) is 12.8. The number of likely N-dealkylation sites (tertiary alicyclic amines) is 1. The van der Waals surface area contributed by atoms with Gasteiger partial charge in [-0.15, -0.1) is 3.89 Å². The maximum atomic E-state index is 13.6. The Bertz CT molecular complexity index is 647. The molecule has 1 heterocycles. The average Bonchev–Trinajstić information content (AvgIpc) is 2.70. The van der Waals surface area contributed by atoms with Crippen LogP contribution in [0.25, 0.3) is 0 Å². The van der Waals surface area contributed by atoms with Gasteiger partial charge < -0.3 is 4.90 Å². The van der Waals surface area contributed by atoms with Crippen LogP contribution in [-0.2, 0) is 15.0 Å². The molecular weight excluding hydrogens is 295 g/mol. The van der Waals surface area contributed by atoms with Gasteiger partial charge in [0.1, 0.15) is 16.9 Å². The van der Waals surface area contributed by atoms with Gasteiger partial charge in [-0.25, -0.2) is 8.78 Å². The fourth-order valence-corrected chi connectivity index (χ4v) is 2.95. The van der Waals surface area contributed by atoms with E-state index in [1.165, 1.54) is 13.0 Å². The summed E-state index contributed by atoms with van der Waals surface area (Å²) in [6, 6.07) is 2.10. The van der Waals surface area contributed by atoms with Crippen molar-refractivity contribution in [3.63, 3.8) is 0 Å². The van der Waals surface area contributed by atoms with Gasteiger partial charge in [-0.2, -0.15) is 8.42 Å². The molecule has 1 aliphatic heterocycles. The number of carbonyl (C=O) groups excluding carboxylic acids is 1. The van der Waals surface area contributed by atoms with Crippen molar-refractivity contribution in [3.05, 3.63) is 35.4 Å². The minimum absolute atomic E-state index is 0.0525. The molecule has 0 bridgehead atoms. The molecule has 2 rings (SSSR count). The molecule has 1 aromatic rings. The first-order valence-electron chi connectivity index (χ1n) is 5.88. The van der Waals surface area contributed by atoms with Crippen LogP contribution in [-0.4, -0.2) is 31.0 Å².